The van der Waals surface area contributed by atoms with E-state index in [0.717, 1.165) is 13.0 Å². The van der Waals surface area contributed by atoms with Crippen LogP contribution < -0.4 is 5.32 Å². The Labute approximate surface area is 114 Å². The molecule has 1 heterocycles. The van der Waals surface area contributed by atoms with E-state index in [1.54, 1.807) is 0 Å². The van der Waals surface area contributed by atoms with Crippen molar-refractivity contribution in [3.63, 3.8) is 0 Å². The topological polar surface area (TPSA) is 12.0 Å². The zero-order valence-corrected chi connectivity index (χ0v) is 12.2. The average molecular weight is 261 g/mol. The van der Waals surface area contributed by atoms with Gasteiger partial charge in [0.1, 0.15) is 0 Å². The molecule has 1 aromatic carbocycles. The first-order valence-corrected chi connectivity index (χ1v) is 7.91. The van der Waals surface area contributed by atoms with Crippen LogP contribution in [0.1, 0.15) is 38.7 Å². The van der Waals surface area contributed by atoms with Crippen LogP contribution in [0.3, 0.4) is 0 Å². The fourth-order valence-electron chi connectivity index (χ4n) is 2.47. The minimum atomic E-state index is 0.632. The van der Waals surface area contributed by atoms with Gasteiger partial charge in [-0.05, 0) is 41.8 Å². The van der Waals surface area contributed by atoms with Crippen LogP contribution in [0.15, 0.2) is 29.6 Å². The maximum Gasteiger partial charge on any atom is 0.0345 e. The van der Waals surface area contributed by atoms with Gasteiger partial charge in [-0.2, -0.15) is 0 Å². The summed E-state index contributed by atoms with van der Waals surface area (Å²) >= 11 is 1.87. The number of hydrogen-bond acceptors (Lipinski definition) is 2. The van der Waals surface area contributed by atoms with Crippen molar-refractivity contribution in [3.8, 4) is 0 Å². The first-order valence-electron chi connectivity index (χ1n) is 7.03. The van der Waals surface area contributed by atoms with Gasteiger partial charge < -0.3 is 5.32 Å². The highest BCUT2D eigenvalue weighted by molar-refractivity contribution is 7.17. The molecule has 0 saturated carbocycles. The van der Waals surface area contributed by atoms with Gasteiger partial charge in [0.25, 0.3) is 0 Å². The summed E-state index contributed by atoms with van der Waals surface area (Å²) in [6, 6.07) is 9.38. The molecule has 98 valence electrons. The van der Waals surface area contributed by atoms with Crippen molar-refractivity contribution in [1.82, 2.24) is 5.32 Å². The van der Waals surface area contributed by atoms with Crippen molar-refractivity contribution in [2.75, 3.05) is 6.54 Å². The molecule has 0 aliphatic rings. The highest BCUT2D eigenvalue weighted by atomic mass is 32.1. The lowest BCUT2D eigenvalue weighted by atomic mass is 10.0. The number of likely N-dealkylation sites (N-methyl/N-ethyl adjacent to an activating group) is 1. The number of nitrogens with one attached hydrogen (secondary N) is 1. The van der Waals surface area contributed by atoms with Crippen LogP contribution in [-0.4, -0.2) is 12.6 Å². The van der Waals surface area contributed by atoms with E-state index in [9.17, 15) is 0 Å². The van der Waals surface area contributed by atoms with Crippen molar-refractivity contribution >= 4 is 21.4 Å². The first kappa shape index (κ1) is 13.6. The van der Waals surface area contributed by atoms with Gasteiger partial charge in [0, 0.05) is 10.7 Å². The molecule has 1 nitrogen and oxygen atoms in total. The summed E-state index contributed by atoms with van der Waals surface area (Å²) < 4.78 is 1.42. The van der Waals surface area contributed by atoms with Crippen LogP contribution in [0.25, 0.3) is 10.1 Å². The van der Waals surface area contributed by atoms with Gasteiger partial charge in [-0.3, -0.25) is 0 Å². The van der Waals surface area contributed by atoms with Crippen molar-refractivity contribution in [2.45, 2.75) is 45.6 Å². The Kier molecular flexibility index (Phi) is 5.21. The summed E-state index contributed by atoms with van der Waals surface area (Å²) in [4.78, 5) is 0. The van der Waals surface area contributed by atoms with Gasteiger partial charge in [0.05, 0.1) is 0 Å². The van der Waals surface area contributed by atoms with Crippen molar-refractivity contribution in [3.05, 3.63) is 35.2 Å². The van der Waals surface area contributed by atoms with E-state index in [1.165, 1.54) is 34.9 Å². The standard InChI is InChI=1S/C16H23NS/c1-3-5-8-14(17-4-2)11-13-12-18-16-10-7-6-9-15(13)16/h6-7,9-10,12,14,17H,3-5,8,11H2,1-2H3. The van der Waals surface area contributed by atoms with Crippen LogP contribution in [0.5, 0.6) is 0 Å². The van der Waals surface area contributed by atoms with Gasteiger partial charge in [0.15, 0.2) is 0 Å². The Morgan fingerprint density at radius 1 is 1.22 bits per heavy atom. The summed E-state index contributed by atoms with van der Waals surface area (Å²) in [6.07, 6.45) is 5.05. The monoisotopic (exact) mass is 261 g/mol. The molecule has 2 rings (SSSR count). The van der Waals surface area contributed by atoms with E-state index in [4.69, 9.17) is 0 Å². The SMILES string of the molecule is CCCCC(Cc1csc2ccccc12)NCC. The third-order valence-electron chi connectivity index (χ3n) is 3.43. The number of thiophene rings is 1. The molecule has 1 N–H and O–H groups in total. The summed E-state index contributed by atoms with van der Waals surface area (Å²) in [5.74, 6) is 0. The average Bonchev–Trinajstić information content (AvgIpc) is 2.80. The number of fused-ring (bicyclic) bond motifs is 1. The maximum atomic E-state index is 3.63. The van der Waals surface area contributed by atoms with E-state index in [0.29, 0.717) is 6.04 Å². The summed E-state index contributed by atoms with van der Waals surface area (Å²) in [7, 11) is 0. The Bertz CT molecular complexity index is 475. The van der Waals surface area contributed by atoms with Crippen molar-refractivity contribution < 1.29 is 0 Å². The fourth-order valence-corrected chi connectivity index (χ4v) is 3.45. The third kappa shape index (κ3) is 3.33. The van der Waals surface area contributed by atoms with Gasteiger partial charge >= 0.3 is 0 Å². The van der Waals surface area contributed by atoms with Crippen LogP contribution in [0.2, 0.25) is 0 Å². The molecule has 0 saturated heterocycles. The Balaban J connectivity index is 2.10. The molecule has 18 heavy (non-hydrogen) atoms. The molecular formula is C16H23NS. The summed E-state index contributed by atoms with van der Waals surface area (Å²) in [5, 5.41) is 7.41. The fraction of sp³-hybridized carbons (Fsp3) is 0.500. The molecular weight excluding hydrogens is 238 g/mol. The van der Waals surface area contributed by atoms with E-state index < -0.39 is 0 Å². The lowest BCUT2D eigenvalue weighted by molar-refractivity contribution is 0.475. The first-order chi connectivity index (χ1) is 8.85. The smallest absolute Gasteiger partial charge is 0.0345 e. The second-order valence-corrected chi connectivity index (χ2v) is 5.77. The van der Waals surface area contributed by atoms with Crippen molar-refractivity contribution in [1.29, 1.82) is 0 Å². The van der Waals surface area contributed by atoms with Gasteiger partial charge in [-0.15, -0.1) is 11.3 Å². The number of unbranched alkanes of at least 4 members (excludes halogenated alkanes) is 1. The van der Waals surface area contributed by atoms with E-state index in [2.05, 4.69) is 48.8 Å². The van der Waals surface area contributed by atoms with E-state index in [1.807, 2.05) is 11.3 Å². The molecule has 0 aliphatic heterocycles. The lowest BCUT2D eigenvalue weighted by Crippen LogP contribution is -2.30. The van der Waals surface area contributed by atoms with Crippen LogP contribution in [-0.2, 0) is 6.42 Å². The molecule has 1 aromatic heterocycles. The summed E-state index contributed by atoms with van der Waals surface area (Å²) in [6.45, 7) is 5.53. The highest BCUT2D eigenvalue weighted by Gasteiger charge is 2.11. The van der Waals surface area contributed by atoms with E-state index in [-0.39, 0.29) is 0 Å². The van der Waals surface area contributed by atoms with Crippen molar-refractivity contribution in [2.24, 2.45) is 0 Å². The summed E-state index contributed by atoms with van der Waals surface area (Å²) in [5.41, 5.74) is 1.51. The van der Waals surface area contributed by atoms with Crippen LogP contribution in [0.4, 0.5) is 0 Å². The van der Waals surface area contributed by atoms with Crippen LogP contribution >= 0.6 is 11.3 Å². The van der Waals surface area contributed by atoms with Crippen LogP contribution in [0, 0.1) is 0 Å². The molecule has 0 spiro atoms. The predicted octanol–water partition coefficient (Wildman–Crippen LogP) is 4.61. The molecule has 0 bridgehead atoms. The zero-order chi connectivity index (χ0) is 12.8. The Hall–Kier alpha value is -0.860. The third-order valence-corrected chi connectivity index (χ3v) is 4.44. The zero-order valence-electron chi connectivity index (χ0n) is 11.4. The van der Waals surface area contributed by atoms with Gasteiger partial charge in [0.2, 0.25) is 0 Å². The highest BCUT2D eigenvalue weighted by Crippen LogP contribution is 2.27. The molecule has 0 fully saturated rings. The quantitative estimate of drug-likeness (QED) is 0.767. The molecule has 1 atom stereocenters. The second-order valence-electron chi connectivity index (χ2n) is 4.86. The minimum Gasteiger partial charge on any atom is -0.314 e. The second kappa shape index (κ2) is 6.91. The molecule has 0 aliphatic carbocycles. The molecule has 0 amide bonds. The Morgan fingerprint density at radius 2 is 2.06 bits per heavy atom. The van der Waals surface area contributed by atoms with Gasteiger partial charge in [-0.1, -0.05) is 44.9 Å². The maximum absolute atomic E-state index is 3.63. The number of hydrogen-bond donors (Lipinski definition) is 1. The molecule has 2 heteroatoms. The van der Waals surface area contributed by atoms with E-state index >= 15 is 0 Å². The van der Waals surface area contributed by atoms with Gasteiger partial charge in [-0.25, -0.2) is 0 Å². The number of benzene rings is 1. The minimum absolute atomic E-state index is 0.632. The molecule has 2 aromatic rings. The Morgan fingerprint density at radius 3 is 2.83 bits per heavy atom. The predicted molar refractivity (Wildman–Crippen MR) is 82.5 cm³/mol. The molecule has 1 unspecified atom stereocenters. The normalized spacial score (nSPS) is 13.0. The lowest BCUT2D eigenvalue weighted by Gasteiger charge is -2.17. The molecule has 0 radical (unpaired) electrons. The number of rotatable bonds is 7. The largest absolute Gasteiger partial charge is 0.314 e.